The van der Waals surface area contributed by atoms with Crippen LogP contribution in [0.15, 0.2) is 61.1 Å². The second-order valence-corrected chi connectivity index (χ2v) is 12.8. The summed E-state index contributed by atoms with van der Waals surface area (Å²) in [5.41, 5.74) is 2.06. The van der Waals surface area contributed by atoms with Gasteiger partial charge in [0.1, 0.15) is 22.7 Å². The molecule has 1 saturated carbocycles. The van der Waals surface area contributed by atoms with E-state index in [2.05, 4.69) is 14.4 Å². The SMILES string of the molecule is CS(=O)(=O)Nc1ccc2c(ccn2CC(=O)O[C@@H](Cc2c(Cl)c[nH+]cc2Cl)c2ccc(OC(F)F)c(OCC3CC3)c2)c1. The number of alkyl halides is 2. The molecule has 0 bridgehead atoms. The van der Waals surface area contributed by atoms with Gasteiger partial charge < -0.3 is 18.8 Å². The number of aromatic amines is 1. The zero-order chi connectivity index (χ0) is 30.7. The molecule has 0 spiro atoms. The van der Waals surface area contributed by atoms with Crippen LogP contribution in [0.3, 0.4) is 0 Å². The first-order valence-electron chi connectivity index (χ1n) is 13.3. The molecule has 14 heteroatoms. The smallest absolute Gasteiger partial charge is 0.387 e. The summed E-state index contributed by atoms with van der Waals surface area (Å²) in [7, 11) is -3.45. The Labute approximate surface area is 256 Å². The number of nitrogens with zero attached hydrogens (tertiary/aromatic N) is 1. The van der Waals surface area contributed by atoms with Gasteiger partial charge in [-0.3, -0.25) is 9.52 Å². The fourth-order valence-electron chi connectivity index (χ4n) is 4.56. The summed E-state index contributed by atoms with van der Waals surface area (Å²) in [5.74, 6) is -0.258. The number of esters is 1. The van der Waals surface area contributed by atoms with Gasteiger partial charge in [-0.25, -0.2) is 13.4 Å². The van der Waals surface area contributed by atoms with Crippen molar-refractivity contribution < 1.29 is 41.2 Å². The molecule has 0 saturated heterocycles. The minimum atomic E-state index is -3.45. The minimum absolute atomic E-state index is 0.0855. The fraction of sp³-hybridized carbons (Fsp3) is 0.310. The lowest BCUT2D eigenvalue weighted by Crippen LogP contribution is -2.19. The molecule has 43 heavy (non-hydrogen) atoms. The summed E-state index contributed by atoms with van der Waals surface area (Å²) in [6.45, 7) is -2.86. The maximum atomic E-state index is 13.3. The molecule has 0 unspecified atom stereocenters. The minimum Gasteiger partial charge on any atom is -0.489 e. The third-order valence-corrected chi connectivity index (χ3v) is 8.04. The number of rotatable bonds is 13. The zero-order valence-electron chi connectivity index (χ0n) is 22.9. The van der Waals surface area contributed by atoms with Crippen LogP contribution in [0.2, 0.25) is 10.0 Å². The van der Waals surface area contributed by atoms with Crippen LogP contribution >= 0.6 is 23.2 Å². The number of fused-ring (bicyclic) bond motifs is 1. The van der Waals surface area contributed by atoms with Crippen LogP contribution < -0.4 is 19.2 Å². The van der Waals surface area contributed by atoms with E-state index in [0.29, 0.717) is 50.3 Å². The Kier molecular flexibility index (Phi) is 9.28. The molecule has 1 aliphatic rings. The summed E-state index contributed by atoms with van der Waals surface area (Å²) >= 11 is 12.8. The number of nitrogens with one attached hydrogen (secondary N) is 2. The predicted octanol–water partition coefficient (Wildman–Crippen LogP) is 6.05. The number of pyridine rings is 1. The molecule has 0 radical (unpaired) electrons. The summed E-state index contributed by atoms with van der Waals surface area (Å²) in [4.78, 5) is 16.1. The van der Waals surface area contributed by atoms with E-state index < -0.39 is 28.7 Å². The number of benzene rings is 2. The lowest BCUT2D eigenvalue weighted by atomic mass is 10.0. The Morgan fingerprint density at radius 3 is 2.51 bits per heavy atom. The summed E-state index contributed by atoms with van der Waals surface area (Å²) in [5, 5.41) is 1.36. The highest BCUT2D eigenvalue weighted by Gasteiger charge is 2.26. The monoisotopic (exact) mass is 654 g/mol. The van der Waals surface area contributed by atoms with Gasteiger partial charge in [-0.1, -0.05) is 29.3 Å². The fourth-order valence-corrected chi connectivity index (χ4v) is 5.65. The number of carbonyl (C=O) groups excluding carboxylic acids is 1. The van der Waals surface area contributed by atoms with Crippen LogP contribution in [0.4, 0.5) is 14.5 Å². The first-order chi connectivity index (χ1) is 20.4. The highest BCUT2D eigenvalue weighted by molar-refractivity contribution is 7.92. The molecule has 2 N–H and O–H groups in total. The van der Waals surface area contributed by atoms with Gasteiger partial charge in [-0.2, -0.15) is 8.78 Å². The molecule has 4 aromatic rings. The van der Waals surface area contributed by atoms with Crippen LogP contribution in [0.5, 0.6) is 11.5 Å². The highest BCUT2D eigenvalue weighted by atomic mass is 35.5. The van der Waals surface area contributed by atoms with Crippen molar-refractivity contribution in [2.45, 2.75) is 38.5 Å². The molecule has 1 fully saturated rings. The van der Waals surface area contributed by atoms with Gasteiger partial charge in [-0.05, 0) is 60.7 Å². The van der Waals surface area contributed by atoms with E-state index in [0.717, 1.165) is 19.1 Å². The van der Waals surface area contributed by atoms with Crippen molar-refractivity contribution >= 4 is 55.8 Å². The number of anilines is 1. The Hall–Kier alpha value is -3.61. The zero-order valence-corrected chi connectivity index (χ0v) is 25.2. The number of sulfonamides is 1. The molecule has 9 nitrogen and oxygen atoms in total. The molecule has 2 heterocycles. The number of hydrogen-bond donors (Lipinski definition) is 1. The average molecular weight is 656 g/mol. The number of halogens is 4. The Morgan fingerprint density at radius 1 is 1.09 bits per heavy atom. The molecule has 0 aliphatic heterocycles. The maximum Gasteiger partial charge on any atom is 0.387 e. The summed E-state index contributed by atoms with van der Waals surface area (Å²) in [6.07, 6.45) is 7.00. The molecular weight excluding hydrogens is 627 g/mol. The lowest BCUT2D eigenvalue weighted by molar-refractivity contribution is -0.377. The van der Waals surface area contributed by atoms with E-state index in [1.807, 2.05) is 0 Å². The molecule has 0 amide bonds. The molecule has 1 aliphatic carbocycles. The number of ether oxygens (including phenoxy) is 3. The van der Waals surface area contributed by atoms with Crippen molar-refractivity contribution in [3.8, 4) is 11.5 Å². The van der Waals surface area contributed by atoms with Crippen molar-refractivity contribution in [2.24, 2.45) is 5.92 Å². The van der Waals surface area contributed by atoms with Crippen molar-refractivity contribution in [2.75, 3.05) is 17.6 Å². The quantitative estimate of drug-likeness (QED) is 0.176. The third kappa shape index (κ3) is 8.27. The first kappa shape index (κ1) is 30.8. The predicted molar refractivity (Wildman–Crippen MR) is 157 cm³/mol. The van der Waals surface area contributed by atoms with Gasteiger partial charge in [0.05, 0.1) is 12.9 Å². The van der Waals surface area contributed by atoms with Crippen LogP contribution in [0.25, 0.3) is 10.9 Å². The molecule has 228 valence electrons. The molecule has 1 atom stereocenters. The van der Waals surface area contributed by atoms with E-state index in [1.54, 1.807) is 47.4 Å². The average Bonchev–Trinajstić information content (AvgIpc) is 3.68. The topological polar surface area (TPSA) is 110 Å². The Balaban J connectivity index is 1.42. The molecular formula is C29H28Cl2F2N3O6S+. The summed E-state index contributed by atoms with van der Waals surface area (Å²) in [6, 6.07) is 11.1. The van der Waals surface area contributed by atoms with Crippen LogP contribution in [-0.4, -0.2) is 38.4 Å². The van der Waals surface area contributed by atoms with Crippen LogP contribution in [0, 0.1) is 5.92 Å². The van der Waals surface area contributed by atoms with E-state index in [1.165, 1.54) is 18.2 Å². The van der Waals surface area contributed by atoms with Crippen molar-refractivity contribution in [3.05, 3.63) is 82.2 Å². The van der Waals surface area contributed by atoms with Gasteiger partial charge in [-0.15, -0.1) is 0 Å². The van der Waals surface area contributed by atoms with Crippen LogP contribution in [0.1, 0.15) is 30.1 Å². The largest absolute Gasteiger partial charge is 0.489 e. The van der Waals surface area contributed by atoms with Gasteiger partial charge in [0.15, 0.2) is 23.9 Å². The maximum absolute atomic E-state index is 13.3. The van der Waals surface area contributed by atoms with Gasteiger partial charge in [0.2, 0.25) is 10.0 Å². The normalized spacial score (nSPS) is 14.1. The van der Waals surface area contributed by atoms with E-state index in [9.17, 15) is 22.0 Å². The second kappa shape index (κ2) is 12.9. The molecule has 5 rings (SSSR count). The van der Waals surface area contributed by atoms with Crippen molar-refractivity contribution in [1.82, 2.24) is 4.57 Å². The van der Waals surface area contributed by atoms with E-state index in [4.69, 9.17) is 32.7 Å². The van der Waals surface area contributed by atoms with Crippen molar-refractivity contribution in [1.29, 1.82) is 0 Å². The number of H-pyrrole nitrogens is 1. The highest BCUT2D eigenvalue weighted by Crippen LogP contribution is 2.38. The first-order valence-corrected chi connectivity index (χ1v) is 15.9. The molecule has 2 aromatic heterocycles. The van der Waals surface area contributed by atoms with Gasteiger partial charge >= 0.3 is 12.6 Å². The lowest BCUT2D eigenvalue weighted by Gasteiger charge is -2.21. The third-order valence-electron chi connectivity index (χ3n) is 6.76. The molecule has 2 aromatic carbocycles. The van der Waals surface area contributed by atoms with E-state index in [-0.39, 0.29) is 24.5 Å². The van der Waals surface area contributed by atoms with Crippen molar-refractivity contribution in [3.63, 3.8) is 0 Å². The summed E-state index contributed by atoms with van der Waals surface area (Å²) < 4.78 is 69.9. The Morgan fingerprint density at radius 2 is 1.84 bits per heavy atom. The second-order valence-electron chi connectivity index (χ2n) is 10.2. The van der Waals surface area contributed by atoms with E-state index >= 15 is 0 Å². The number of hydrogen-bond acceptors (Lipinski definition) is 6. The Bertz CT molecular complexity index is 1730. The van der Waals surface area contributed by atoms with Crippen LogP contribution in [-0.2, 0) is 32.5 Å². The standard InChI is InChI=1S/C29H27Cl2F2N3O6S/c1-43(38,39)35-20-5-6-24-18(10-20)8-9-36(24)15-28(37)41-26(12-21-22(30)13-34-14-23(21)31)19-4-7-25(42-29(32)33)27(11-19)40-16-17-2-3-17/h4-11,13-14,17,26,29,35H,2-3,12,15-16H2,1H3/p+1/t26-/m0/s1. The van der Waals surface area contributed by atoms with Gasteiger partial charge in [0, 0.05) is 34.8 Å². The van der Waals surface area contributed by atoms with Gasteiger partial charge in [0.25, 0.3) is 0 Å². The number of carbonyl (C=O) groups is 1. The number of aromatic nitrogens is 2.